The molecule has 2 aromatic carbocycles. The highest BCUT2D eigenvalue weighted by atomic mass is 16.5. The first-order valence-electron chi connectivity index (χ1n) is 10.6. The Morgan fingerprint density at radius 1 is 1.18 bits per heavy atom. The van der Waals surface area contributed by atoms with Crippen LogP contribution >= 0.6 is 0 Å². The number of carbonyl (C=O) groups is 1. The standard InChI is InChI=1S/C24H19N7O3/c1-33-13-4-6-17-15(8-13)24(23(32)27-17)9-16(24)12-3-5-14-18(7-12)30-31-21(14)29-22-19(34-2)11-26-20(10-25)28-22/h3-8,11,16H,9H2,1-2H3,(H,27,32)(H2,26,28,29,30,31)/t16-,24-/m0/s1. The van der Waals surface area contributed by atoms with Gasteiger partial charge in [-0.25, -0.2) is 4.98 Å². The summed E-state index contributed by atoms with van der Waals surface area (Å²) in [5.74, 6) is 2.13. The number of nitrogens with one attached hydrogen (secondary N) is 3. The molecule has 1 fully saturated rings. The van der Waals surface area contributed by atoms with E-state index in [1.807, 2.05) is 42.5 Å². The Balaban J connectivity index is 1.33. The molecule has 2 atom stereocenters. The van der Waals surface area contributed by atoms with Crippen molar-refractivity contribution in [3.63, 3.8) is 0 Å². The van der Waals surface area contributed by atoms with Gasteiger partial charge in [0, 0.05) is 17.0 Å². The van der Waals surface area contributed by atoms with E-state index in [1.165, 1.54) is 13.3 Å². The van der Waals surface area contributed by atoms with E-state index >= 15 is 0 Å². The molecule has 2 aliphatic rings. The molecule has 34 heavy (non-hydrogen) atoms. The van der Waals surface area contributed by atoms with Gasteiger partial charge in [0.05, 0.1) is 31.3 Å². The van der Waals surface area contributed by atoms with Crippen molar-refractivity contribution in [1.82, 2.24) is 20.2 Å². The zero-order valence-electron chi connectivity index (χ0n) is 18.3. The molecular formula is C24H19N7O3. The summed E-state index contributed by atoms with van der Waals surface area (Å²) < 4.78 is 10.7. The minimum Gasteiger partial charge on any atom is -0.497 e. The predicted octanol–water partition coefficient (Wildman–Crippen LogP) is 3.36. The number of anilines is 3. The molecule has 10 heteroatoms. The van der Waals surface area contributed by atoms with E-state index in [2.05, 4.69) is 30.8 Å². The maximum Gasteiger partial charge on any atom is 0.235 e. The number of nitrogens with zero attached hydrogens (tertiary/aromatic N) is 4. The summed E-state index contributed by atoms with van der Waals surface area (Å²) in [6, 6.07) is 13.6. The highest BCUT2D eigenvalue weighted by Gasteiger charge is 2.65. The fourth-order valence-electron chi connectivity index (χ4n) is 4.82. The molecule has 0 unspecified atom stereocenters. The zero-order valence-corrected chi connectivity index (χ0v) is 18.3. The van der Waals surface area contributed by atoms with E-state index in [4.69, 9.17) is 14.7 Å². The third-order valence-electron chi connectivity index (χ3n) is 6.62. The van der Waals surface area contributed by atoms with Crippen LogP contribution in [-0.2, 0) is 10.2 Å². The van der Waals surface area contributed by atoms with Crippen LogP contribution in [0.3, 0.4) is 0 Å². The summed E-state index contributed by atoms with van der Waals surface area (Å²) in [5.41, 5.74) is 3.14. The van der Waals surface area contributed by atoms with E-state index < -0.39 is 5.41 Å². The number of ether oxygens (including phenoxy) is 2. The molecule has 4 aromatic rings. The normalized spacial score (nSPS) is 20.0. The Morgan fingerprint density at radius 3 is 2.85 bits per heavy atom. The highest BCUT2D eigenvalue weighted by Crippen LogP contribution is 2.65. The summed E-state index contributed by atoms with van der Waals surface area (Å²) in [7, 11) is 3.13. The molecule has 1 aliphatic carbocycles. The molecular weight excluding hydrogens is 434 g/mol. The van der Waals surface area contributed by atoms with Gasteiger partial charge in [-0.3, -0.25) is 9.89 Å². The fraction of sp³-hybridized carbons (Fsp3) is 0.208. The van der Waals surface area contributed by atoms with E-state index in [1.54, 1.807) is 7.11 Å². The maximum atomic E-state index is 13.0. The van der Waals surface area contributed by atoms with E-state index in [-0.39, 0.29) is 17.6 Å². The van der Waals surface area contributed by atoms with Crippen LogP contribution in [-0.4, -0.2) is 40.3 Å². The van der Waals surface area contributed by atoms with Gasteiger partial charge in [0.15, 0.2) is 17.4 Å². The molecule has 0 saturated heterocycles. The Kier molecular flexibility index (Phi) is 4.22. The second-order valence-electron chi connectivity index (χ2n) is 8.32. The quantitative estimate of drug-likeness (QED) is 0.418. The minimum absolute atomic E-state index is 0.0243. The third kappa shape index (κ3) is 2.80. The first kappa shape index (κ1) is 20.0. The number of aromatic nitrogens is 4. The average molecular weight is 453 g/mol. The SMILES string of the molecule is COc1ccc2c(c1)[C@]1(C[C@H]1c1ccc3c(Nc4nc(C#N)ncc4OC)n[nH]c3c1)C(=O)N2. The van der Waals surface area contributed by atoms with Crippen LogP contribution in [0.4, 0.5) is 17.3 Å². The van der Waals surface area contributed by atoms with Crippen molar-refractivity contribution < 1.29 is 14.3 Å². The number of rotatable bonds is 5. The summed E-state index contributed by atoms with van der Waals surface area (Å²) >= 11 is 0. The monoisotopic (exact) mass is 453 g/mol. The number of benzene rings is 2. The number of nitriles is 1. The third-order valence-corrected chi connectivity index (χ3v) is 6.62. The second kappa shape index (κ2) is 7.18. The number of aromatic amines is 1. The van der Waals surface area contributed by atoms with E-state index in [9.17, 15) is 4.79 Å². The lowest BCUT2D eigenvalue weighted by molar-refractivity contribution is -0.118. The Hall–Kier alpha value is -4.65. The number of fused-ring (bicyclic) bond motifs is 3. The molecule has 0 radical (unpaired) electrons. The Morgan fingerprint density at radius 2 is 2.06 bits per heavy atom. The lowest BCUT2D eigenvalue weighted by Crippen LogP contribution is -2.21. The van der Waals surface area contributed by atoms with Crippen molar-refractivity contribution in [2.75, 3.05) is 24.9 Å². The summed E-state index contributed by atoms with van der Waals surface area (Å²) in [6.45, 7) is 0. The van der Waals surface area contributed by atoms with Crippen LogP contribution in [0.2, 0.25) is 0 Å². The Labute approximate surface area is 193 Å². The van der Waals surface area contributed by atoms with Crippen LogP contribution < -0.4 is 20.1 Å². The molecule has 10 nitrogen and oxygen atoms in total. The van der Waals surface area contributed by atoms with Crippen LogP contribution in [0.15, 0.2) is 42.6 Å². The Bertz CT molecular complexity index is 1520. The van der Waals surface area contributed by atoms with Crippen LogP contribution in [0.1, 0.15) is 29.3 Å². The van der Waals surface area contributed by atoms with Crippen molar-refractivity contribution in [3.05, 3.63) is 59.5 Å². The number of H-pyrrole nitrogens is 1. The summed E-state index contributed by atoms with van der Waals surface area (Å²) in [4.78, 5) is 21.0. The molecule has 168 valence electrons. The zero-order chi connectivity index (χ0) is 23.4. The van der Waals surface area contributed by atoms with Crippen LogP contribution in [0.5, 0.6) is 11.5 Å². The van der Waals surface area contributed by atoms with Gasteiger partial charge in [-0.1, -0.05) is 6.07 Å². The molecule has 2 aromatic heterocycles. The number of amides is 1. The van der Waals surface area contributed by atoms with Gasteiger partial charge in [0.25, 0.3) is 0 Å². The first-order chi connectivity index (χ1) is 16.6. The molecule has 6 rings (SSSR count). The van der Waals surface area contributed by atoms with Crippen molar-refractivity contribution >= 4 is 34.1 Å². The van der Waals surface area contributed by atoms with Crippen molar-refractivity contribution in [2.45, 2.75) is 17.8 Å². The summed E-state index contributed by atoms with van der Waals surface area (Å²) in [6.07, 6.45) is 2.17. The van der Waals surface area contributed by atoms with Crippen LogP contribution in [0.25, 0.3) is 10.9 Å². The van der Waals surface area contributed by atoms with Gasteiger partial charge in [0.1, 0.15) is 11.8 Å². The van der Waals surface area contributed by atoms with Crippen molar-refractivity contribution in [2.24, 2.45) is 0 Å². The van der Waals surface area contributed by atoms with E-state index in [0.717, 1.165) is 39.9 Å². The number of hydrogen-bond acceptors (Lipinski definition) is 8. The van der Waals surface area contributed by atoms with Gasteiger partial charge >= 0.3 is 0 Å². The average Bonchev–Trinajstić information content (AvgIpc) is 3.42. The smallest absolute Gasteiger partial charge is 0.235 e. The van der Waals surface area contributed by atoms with Gasteiger partial charge in [-0.05, 0) is 47.9 Å². The molecule has 0 bridgehead atoms. The molecule has 3 N–H and O–H groups in total. The van der Waals surface area contributed by atoms with Gasteiger partial charge < -0.3 is 20.1 Å². The lowest BCUT2D eigenvalue weighted by Gasteiger charge is -2.10. The topological polar surface area (TPSA) is 138 Å². The van der Waals surface area contributed by atoms with Crippen molar-refractivity contribution in [3.8, 4) is 17.6 Å². The molecule has 3 heterocycles. The number of methoxy groups -OCH3 is 2. The molecule has 1 spiro atoms. The first-order valence-corrected chi connectivity index (χ1v) is 10.6. The molecule has 1 aliphatic heterocycles. The largest absolute Gasteiger partial charge is 0.497 e. The molecule has 1 saturated carbocycles. The minimum atomic E-state index is -0.569. The molecule has 1 amide bonds. The summed E-state index contributed by atoms with van der Waals surface area (Å²) in [5, 5.41) is 23.5. The highest BCUT2D eigenvalue weighted by molar-refractivity contribution is 6.10. The predicted molar refractivity (Wildman–Crippen MR) is 123 cm³/mol. The number of hydrogen-bond donors (Lipinski definition) is 3. The second-order valence-corrected chi connectivity index (χ2v) is 8.32. The van der Waals surface area contributed by atoms with Gasteiger partial charge in [-0.2, -0.15) is 15.3 Å². The van der Waals surface area contributed by atoms with E-state index in [0.29, 0.717) is 17.4 Å². The van der Waals surface area contributed by atoms with Gasteiger partial charge in [-0.15, -0.1) is 0 Å². The fourth-order valence-corrected chi connectivity index (χ4v) is 4.82. The van der Waals surface area contributed by atoms with Crippen molar-refractivity contribution in [1.29, 1.82) is 5.26 Å². The van der Waals surface area contributed by atoms with Gasteiger partial charge in [0.2, 0.25) is 11.7 Å². The van der Waals surface area contributed by atoms with Crippen LogP contribution in [0, 0.1) is 11.3 Å². The maximum absolute atomic E-state index is 13.0. The number of carbonyl (C=O) groups excluding carboxylic acids is 1. The lowest BCUT2D eigenvalue weighted by atomic mass is 9.91.